The van der Waals surface area contributed by atoms with E-state index in [9.17, 15) is 0 Å². The van der Waals surface area contributed by atoms with Crippen LogP contribution in [0.2, 0.25) is 0 Å². The monoisotopic (exact) mass is 269 g/mol. The summed E-state index contributed by atoms with van der Waals surface area (Å²) in [6, 6.07) is 3.91. The standard InChI is InChI=1S/C13H15N7/c1-2-20-12-10(11(14)17-8-18-12)19-13(20)16-7-9-4-3-5-15-6-9/h3-6,8H,2,7H2,1H3,(H,16,19)(H2,14,17,18). The van der Waals surface area contributed by atoms with E-state index in [4.69, 9.17) is 5.73 Å². The lowest BCUT2D eigenvalue weighted by Crippen LogP contribution is -2.07. The van der Waals surface area contributed by atoms with E-state index in [0.717, 1.165) is 23.7 Å². The molecule has 7 heteroatoms. The lowest BCUT2D eigenvalue weighted by atomic mass is 10.3. The molecular formula is C13H15N7. The van der Waals surface area contributed by atoms with Crippen molar-refractivity contribution in [1.29, 1.82) is 0 Å². The Balaban J connectivity index is 1.93. The molecule has 0 atom stereocenters. The highest BCUT2D eigenvalue weighted by molar-refractivity contribution is 5.83. The molecule has 0 aromatic carbocycles. The van der Waals surface area contributed by atoms with Crippen LogP contribution < -0.4 is 11.1 Å². The fourth-order valence-electron chi connectivity index (χ4n) is 2.07. The van der Waals surface area contributed by atoms with Gasteiger partial charge in [-0.25, -0.2) is 15.0 Å². The Kier molecular flexibility index (Phi) is 3.16. The number of fused-ring (bicyclic) bond motifs is 1. The lowest BCUT2D eigenvalue weighted by Gasteiger charge is -2.07. The normalized spacial score (nSPS) is 10.8. The fourth-order valence-corrected chi connectivity index (χ4v) is 2.07. The second kappa shape index (κ2) is 5.12. The maximum absolute atomic E-state index is 5.84. The molecule has 20 heavy (non-hydrogen) atoms. The zero-order chi connectivity index (χ0) is 13.9. The van der Waals surface area contributed by atoms with E-state index in [-0.39, 0.29) is 0 Å². The summed E-state index contributed by atoms with van der Waals surface area (Å²) in [5.74, 6) is 1.13. The third kappa shape index (κ3) is 2.13. The van der Waals surface area contributed by atoms with Gasteiger partial charge in [-0.05, 0) is 18.6 Å². The van der Waals surface area contributed by atoms with Crippen LogP contribution in [0.15, 0.2) is 30.9 Å². The molecule has 3 rings (SSSR count). The van der Waals surface area contributed by atoms with Crippen LogP contribution in [0.5, 0.6) is 0 Å². The van der Waals surface area contributed by atoms with Crippen molar-refractivity contribution in [2.45, 2.75) is 20.0 Å². The fraction of sp³-hybridized carbons (Fsp3) is 0.231. The average molecular weight is 269 g/mol. The first-order chi connectivity index (χ1) is 9.79. The molecule has 0 saturated heterocycles. The highest BCUT2D eigenvalue weighted by Crippen LogP contribution is 2.21. The maximum Gasteiger partial charge on any atom is 0.205 e. The van der Waals surface area contributed by atoms with Gasteiger partial charge >= 0.3 is 0 Å². The predicted octanol–water partition coefficient (Wildman–Crippen LogP) is 1.44. The Morgan fingerprint density at radius 1 is 1.35 bits per heavy atom. The van der Waals surface area contributed by atoms with Gasteiger partial charge in [-0.2, -0.15) is 0 Å². The van der Waals surface area contributed by atoms with E-state index >= 15 is 0 Å². The molecule has 7 nitrogen and oxygen atoms in total. The van der Waals surface area contributed by atoms with Crippen molar-refractivity contribution < 1.29 is 0 Å². The number of pyridine rings is 1. The van der Waals surface area contributed by atoms with Crippen molar-refractivity contribution in [3.05, 3.63) is 36.4 Å². The number of imidazole rings is 1. The van der Waals surface area contributed by atoms with E-state index in [1.165, 1.54) is 6.33 Å². The Bertz CT molecular complexity index is 720. The van der Waals surface area contributed by atoms with Crippen LogP contribution in [0, 0.1) is 0 Å². The first-order valence-electron chi connectivity index (χ1n) is 6.39. The molecular weight excluding hydrogens is 254 g/mol. The first-order valence-corrected chi connectivity index (χ1v) is 6.39. The molecule has 0 fully saturated rings. The van der Waals surface area contributed by atoms with Crippen LogP contribution in [0.4, 0.5) is 11.8 Å². The van der Waals surface area contributed by atoms with Crippen molar-refractivity contribution in [3.63, 3.8) is 0 Å². The number of rotatable bonds is 4. The molecule has 102 valence electrons. The molecule has 0 radical (unpaired) electrons. The van der Waals surface area contributed by atoms with Crippen LogP contribution in [0.3, 0.4) is 0 Å². The number of hydrogen-bond donors (Lipinski definition) is 2. The SMILES string of the molecule is CCn1c(NCc2cccnc2)nc2c(N)ncnc21. The van der Waals surface area contributed by atoms with Gasteiger partial charge in [-0.1, -0.05) is 6.07 Å². The van der Waals surface area contributed by atoms with Gasteiger partial charge in [0.25, 0.3) is 0 Å². The number of aromatic nitrogens is 5. The summed E-state index contributed by atoms with van der Waals surface area (Å²) in [6.45, 7) is 3.43. The Morgan fingerprint density at radius 3 is 3.00 bits per heavy atom. The quantitative estimate of drug-likeness (QED) is 0.744. The molecule has 0 aliphatic rings. The molecule has 0 bridgehead atoms. The van der Waals surface area contributed by atoms with Crippen LogP contribution in [-0.4, -0.2) is 24.5 Å². The molecule has 3 aromatic heterocycles. The maximum atomic E-state index is 5.84. The largest absolute Gasteiger partial charge is 0.382 e. The van der Waals surface area contributed by atoms with Crippen molar-refractivity contribution in [3.8, 4) is 0 Å². The zero-order valence-electron chi connectivity index (χ0n) is 11.1. The minimum atomic E-state index is 0.395. The topological polar surface area (TPSA) is 94.5 Å². The van der Waals surface area contributed by atoms with Gasteiger partial charge in [0, 0.05) is 25.5 Å². The second-order valence-electron chi connectivity index (χ2n) is 4.33. The highest BCUT2D eigenvalue weighted by atomic mass is 15.2. The van der Waals surface area contributed by atoms with Gasteiger partial charge in [0.15, 0.2) is 17.0 Å². The molecule has 0 aliphatic heterocycles. The summed E-state index contributed by atoms with van der Waals surface area (Å²) in [5, 5.41) is 3.29. The molecule has 0 amide bonds. The molecule has 3 heterocycles. The third-order valence-corrected chi connectivity index (χ3v) is 3.05. The van der Waals surface area contributed by atoms with Gasteiger partial charge in [0.05, 0.1) is 0 Å². The molecule has 0 spiro atoms. The van der Waals surface area contributed by atoms with E-state index in [1.807, 2.05) is 29.8 Å². The molecule has 0 aliphatic carbocycles. The number of nitrogens with two attached hydrogens (primary N) is 1. The Labute approximate surface area is 115 Å². The molecule has 0 saturated carbocycles. The van der Waals surface area contributed by atoms with Crippen LogP contribution in [0.25, 0.3) is 11.2 Å². The van der Waals surface area contributed by atoms with Crippen LogP contribution >= 0.6 is 0 Å². The number of aryl methyl sites for hydroxylation is 1. The van der Waals surface area contributed by atoms with Gasteiger partial charge in [0.1, 0.15) is 6.33 Å². The van der Waals surface area contributed by atoms with E-state index < -0.39 is 0 Å². The van der Waals surface area contributed by atoms with Crippen molar-refractivity contribution in [1.82, 2.24) is 24.5 Å². The lowest BCUT2D eigenvalue weighted by molar-refractivity contribution is 0.778. The number of nitrogen functional groups attached to an aromatic ring is 1. The van der Waals surface area contributed by atoms with Gasteiger partial charge in [0.2, 0.25) is 5.95 Å². The Morgan fingerprint density at radius 2 is 2.25 bits per heavy atom. The van der Waals surface area contributed by atoms with Crippen molar-refractivity contribution in [2.24, 2.45) is 0 Å². The van der Waals surface area contributed by atoms with Gasteiger partial charge < -0.3 is 11.1 Å². The van der Waals surface area contributed by atoms with Gasteiger partial charge in [-0.15, -0.1) is 0 Å². The van der Waals surface area contributed by atoms with E-state index in [1.54, 1.807) is 6.20 Å². The average Bonchev–Trinajstić information content (AvgIpc) is 2.85. The smallest absolute Gasteiger partial charge is 0.205 e. The van der Waals surface area contributed by atoms with Crippen molar-refractivity contribution >= 4 is 22.9 Å². The van der Waals surface area contributed by atoms with E-state index in [2.05, 4.69) is 25.3 Å². The van der Waals surface area contributed by atoms with Crippen LogP contribution in [0.1, 0.15) is 12.5 Å². The molecule has 3 aromatic rings. The minimum Gasteiger partial charge on any atom is -0.382 e. The number of anilines is 2. The number of hydrogen-bond acceptors (Lipinski definition) is 6. The molecule has 0 unspecified atom stereocenters. The summed E-state index contributed by atoms with van der Waals surface area (Å²) in [5.41, 5.74) is 8.29. The second-order valence-corrected chi connectivity index (χ2v) is 4.33. The van der Waals surface area contributed by atoms with Crippen LogP contribution in [-0.2, 0) is 13.1 Å². The van der Waals surface area contributed by atoms with Crippen molar-refractivity contribution in [2.75, 3.05) is 11.1 Å². The predicted molar refractivity (Wildman–Crippen MR) is 77.0 cm³/mol. The minimum absolute atomic E-state index is 0.395. The first kappa shape index (κ1) is 12.3. The summed E-state index contributed by atoms with van der Waals surface area (Å²) in [6.07, 6.45) is 5.03. The highest BCUT2D eigenvalue weighted by Gasteiger charge is 2.13. The van der Waals surface area contributed by atoms with E-state index in [0.29, 0.717) is 17.9 Å². The summed E-state index contributed by atoms with van der Waals surface area (Å²) in [7, 11) is 0. The summed E-state index contributed by atoms with van der Waals surface area (Å²) >= 11 is 0. The van der Waals surface area contributed by atoms with Gasteiger partial charge in [-0.3, -0.25) is 9.55 Å². The Hall–Kier alpha value is -2.70. The number of nitrogens with zero attached hydrogens (tertiary/aromatic N) is 5. The molecule has 3 N–H and O–H groups in total. The summed E-state index contributed by atoms with van der Waals surface area (Å²) < 4.78 is 1.98. The number of nitrogens with one attached hydrogen (secondary N) is 1. The third-order valence-electron chi connectivity index (χ3n) is 3.05. The zero-order valence-corrected chi connectivity index (χ0v) is 11.1. The summed E-state index contributed by atoms with van der Waals surface area (Å²) in [4.78, 5) is 16.8.